The van der Waals surface area contributed by atoms with Crippen LogP contribution in [0.4, 0.5) is 10.5 Å². The van der Waals surface area contributed by atoms with E-state index in [2.05, 4.69) is 9.88 Å². The Labute approximate surface area is 217 Å². The van der Waals surface area contributed by atoms with Crippen LogP contribution in [0, 0.1) is 6.92 Å². The summed E-state index contributed by atoms with van der Waals surface area (Å²) >= 11 is 7.70. The zero-order valence-corrected chi connectivity index (χ0v) is 21.0. The predicted octanol–water partition coefficient (Wildman–Crippen LogP) is 6.06. The van der Waals surface area contributed by atoms with Gasteiger partial charge in [-0.1, -0.05) is 41.9 Å². The van der Waals surface area contributed by atoms with Crippen molar-refractivity contribution in [1.82, 2.24) is 9.88 Å². The van der Waals surface area contributed by atoms with Crippen LogP contribution in [0.3, 0.4) is 0 Å². The molecule has 2 heterocycles. The molecule has 4 aromatic rings. The molecule has 5 rings (SSSR count). The van der Waals surface area contributed by atoms with Gasteiger partial charge in [0, 0.05) is 44.9 Å². The minimum Gasteiger partial charge on any atom is -0.346 e. The predicted molar refractivity (Wildman–Crippen MR) is 144 cm³/mol. The molecule has 1 aliphatic rings. The highest BCUT2D eigenvalue weighted by Gasteiger charge is 2.37. The number of nitrogens with one attached hydrogen (secondary N) is 1. The average Bonchev–Trinajstić information content (AvgIpc) is 3.20. The molecular formula is C28H22ClN3O3S. The molecule has 1 saturated heterocycles. The van der Waals surface area contributed by atoms with Gasteiger partial charge in [0.05, 0.1) is 5.69 Å². The zero-order chi connectivity index (χ0) is 25.2. The SMILES string of the molecule is Cc1cccc(N2C(=O)NC(=O)/C(=C\c3cn(CCSc4ccc(Cl)cc4)c4ccccc34)C2=O)c1. The van der Waals surface area contributed by atoms with Crippen LogP contribution in [0.25, 0.3) is 17.0 Å². The molecule has 36 heavy (non-hydrogen) atoms. The highest BCUT2D eigenvalue weighted by molar-refractivity contribution is 7.99. The molecule has 180 valence electrons. The van der Waals surface area contributed by atoms with Gasteiger partial charge in [0.2, 0.25) is 0 Å². The van der Waals surface area contributed by atoms with Crippen LogP contribution in [-0.2, 0) is 16.1 Å². The second-order valence-electron chi connectivity index (χ2n) is 8.39. The van der Waals surface area contributed by atoms with Crippen molar-refractivity contribution in [3.63, 3.8) is 0 Å². The summed E-state index contributed by atoms with van der Waals surface area (Å²) in [4.78, 5) is 40.7. The minimum absolute atomic E-state index is 0.0884. The molecule has 1 aliphatic heterocycles. The standard InChI is InChI=1S/C28H22ClN3O3S/c1-18-5-4-6-21(15-18)32-27(34)24(26(33)30-28(32)35)16-19-17-31(25-8-3-2-7-23(19)25)13-14-36-22-11-9-20(29)10-12-22/h2-12,15-17H,13-14H2,1H3,(H,30,33,35)/b24-16+. The molecule has 1 aromatic heterocycles. The van der Waals surface area contributed by atoms with Crippen molar-refractivity contribution in [3.05, 3.63) is 101 Å². The number of barbiturate groups is 1. The van der Waals surface area contributed by atoms with E-state index < -0.39 is 17.8 Å². The number of nitrogens with zero attached hydrogens (tertiary/aromatic N) is 2. The van der Waals surface area contributed by atoms with Crippen molar-refractivity contribution < 1.29 is 14.4 Å². The number of benzene rings is 3. The van der Waals surface area contributed by atoms with Gasteiger partial charge in [0.15, 0.2) is 0 Å². The van der Waals surface area contributed by atoms with Gasteiger partial charge in [-0.15, -0.1) is 11.8 Å². The third-order valence-corrected chi connectivity index (χ3v) is 7.14. The van der Waals surface area contributed by atoms with Crippen molar-refractivity contribution in [1.29, 1.82) is 0 Å². The molecule has 1 fully saturated rings. The number of aromatic nitrogens is 1. The van der Waals surface area contributed by atoms with Gasteiger partial charge in [-0.3, -0.25) is 14.9 Å². The smallest absolute Gasteiger partial charge is 0.335 e. The molecule has 0 radical (unpaired) electrons. The molecule has 8 heteroatoms. The van der Waals surface area contributed by atoms with E-state index in [0.29, 0.717) is 10.7 Å². The average molecular weight is 516 g/mol. The Kier molecular flexibility index (Phi) is 6.67. The summed E-state index contributed by atoms with van der Waals surface area (Å²) in [7, 11) is 0. The summed E-state index contributed by atoms with van der Waals surface area (Å²) in [5.74, 6) is -0.528. The van der Waals surface area contributed by atoms with Gasteiger partial charge in [-0.2, -0.15) is 0 Å². The number of urea groups is 1. The Hall–Kier alpha value is -3.81. The highest BCUT2D eigenvalue weighted by Crippen LogP contribution is 2.28. The summed E-state index contributed by atoms with van der Waals surface area (Å²) in [5.41, 5.74) is 2.96. The van der Waals surface area contributed by atoms with Gasteiger partial charge in [0.1, 0.15) is 5.57 Å². The van der Waals surface area contributed by atoms with E-state index in [4.69, 9.17) is 11.6 Å². The molecule has 0 atom stereocenters. The van der Waals surface area contributed by atoms with Crippen molar-refractivity contribution >= 4 is 63.9 Å². The number of amides is 4. The highest BCUT2D eigenvalue weighted by atomic mass is 35.5. The Morgan fingerprint density at radius 1 is 0.972 bits per heavy atom. The topological polar surface area (TPSA) is 71.4 Å². The number of imide groups is 2. The molecule has 0 spiro atoms. The lowest BCUT2D eigenvalue weighted by atomic mass is 10.1. The summed E-state index contributed by atoms with van der Waals surface area (Å²) in [6.07, 6.45) is 3.51. The van der Waals surface area contributed by atoms with Crippen LogP contribution in [0.15, 0.2) is 89.5 Å². The number of anilines is 1. The molecule has 1 N–H and O–H groups in total. The number of halogens is 1. The van der Waals surface area contributed by atoms with E-state index in [1.165, 1.54) is 0 Å². The summed E-state index contributed by atoms with van der Waals surface area (Å²) in [6.45, 7) is 2.60. The maximum atomic E-state index is 13.3. The van der Waals surface area contributed by atoms with Gasteiger partial charge in [-0.25, -0.2) is 9.69 Å². The van der Waals surface area contributed by atoms with Crippen molar-refractivity contribution in [3.8, 4) is 0 Å². The van der Waals surface area contributed by atoms with E-state index in [1.807, 2.05) is 67.7 Å². The van der Waals surface area contributed by atoms with E-state index in [-0.39, 0.29) is 5.57 Å². The fourth-order valence-electron chi connectivity index (χ4n) is 4.18. The lowest BCUT2D eigenvalue weighted by Gasteiger charge is -2.26. The maximum Gasteiger partial charge on any atom is 0.335 e. The Balaban J connectivity index is 1.45. The minimum atomic E-state index is -0.755. The van der Waals surface area contributed by atoms with E-state index in [1.54, 1.807) is 36.0 Å². The summed E-state index contributed by atoms with van der Waals surface area (Å²) in [6, 6.07) is 21.9. The molecular weight excluding hydrogens is 494 g/mol. The van der Waals surface area contributed by atoms with Gasteiger partial charge in [-0.05, 0) is 61.0 Å². The maximum absolute atomic E-state index is 13.3. The second kappa shape index (κ2) is 10.0. The lowest BCUT2D eigenvalue weighted by Crippen LogP contribution is -2.54. The molecule has 0 unspecified atom stereocenters. The Morgan fingerprint density at radius 3 is 2.53 bits per heavy atom. The largest absolute Gasteiger partial charge is 0.346 e. The number of aryl methyl sites for hydroxylation is 2. The first-order valence-corrected chi connectivity index (χ1v) is 12.7. The van der Waals surface area contributed by atoms with Crippen LogP contribution < -0.4 is 10.2 Å². The first-order valence-electron chi connectivity index (χ1n) is 11.3. The number of rotatable bonds is 6. The quantitative estimate of drug-likeness (QED) is 0.192. The molecule has 0 aliphatic carbocycles. The molecule has 4 amide bonds. The summed E-state index contributed by atoms with van der Waals surface area (Å²) < 4.78 is 2.11. The van der Waals surface area contributed by atoms with Crippen molar-refractivity contribution in [2.75, 3.05) is 10.7 Å². The van der Waals surface area contributed by atoms with E-state index in [9.17, 15) is 14.4 Å². The Bertz CT molecular complexity index is 1520. The van der Waals surface area contributed by atoms with Crippen LogP contribution >= 0.6 is 23.4 Å². The lowest BCUT2D eigenvalue weighted by molar-refractivity contribution is -0.122. The van der Waals surface area contributed by atoms with Crippen LogP contribution in [-0.4, -0.2) is 28.2 Å². The number of hydrogen-bond donors (Lipinski definition) is 1. The van der Waals surface area contributed by atoms with Gasteiger partial charge in [0.25, 0.3) is 11.8 Å². The van der Waals surface area contributed by atoms with Crippen LogP contribution in [0.1, 0.15) is 11.1 Å². The third-order valence-electron chi connectivity index (χ3n) is 5.90. The van der Waals surface area contributed by atoms with Crippen LogP contribution in [0.2, 0.25) is 5.02 Å². The zero-order valence-electron chi connectivity index (χ0n) is 19.4. The number of carbonyl (C=O) groups is 3. The van der Waals surface area contributed by atoms with E-state index in [0.717, 1.165) is 44.1 Å². The second-order valence-corrected chi connectivity index (χ2v) is 10.00. The molecule has 6 nitrogen and oxygen atoms in total. The number of carbonyl (C=O) groups excluding carboxylic acids is 3. The number of fused-ring (bicyclic) bond motifs is 1. The normalized spacial score (nSPS) is 15.1. The molecule has 0 bridgehead atoms. The van der Waals surface area contributed by atoms with Gasteiger partial charge >= 0.3 is 6.03 Å². The fourth-order valence-corrected chi connectivity index (χ4v) is 5.16. The van der Waals surface area contributed by atoms with Crippen molar-refractivity contribution in [2.45, 2.75) is 18.4 Å². The third kappa shape index (κ3) is 4.80. The summed E-state index contributed by atoms with van der Waals surface area (Å²) in [5, 5.41) is 3.92. The number of thioether (sulfide) groups is 1. The first kappa shape index (κ1) is 23.9. The number of hydrogen-bond acceptors (Lipinski definition) is 4. The first-order chi connectivity index (χ1) is 17.4. The fraction of sp³-hybridized carbons (Fsp3) is 0.107. The monoisotopic (exact) mass is 515 g/mol. The molecule has 3 aromatic carbocycles. The van der Waals surface area contributed by atoms with E-state index >= 15 is 0 Å². The Morgan fingerprint density at radius 2 is 1.75 bits per heavy atom. The van der Waals surface area contributed by atoms with Crippen LogP contribution in [0.5, 0.6) is 0 Å². The van der Waals surface area contributed by atoms with Crippen molar-refractivity contribution in [2.24, 2.45) is 0 Å². The number of para-hydroxylation sites is 1. The van der Waals surface area contributed by atoms with Gasteiger partial charge < -0.3 is 4.57 Å². The molecule has 0 saturated carbocycles.